The van der Waals surface area contributed by atoms with Crippen molar-refractivity contribution in [2.45, 2.75) is 12.8 Å². The number of halogens is 1. The van der Waals surface area contributed by atoms with Crippen LogP contribution >= 0.6 is 15.9 Å². The van der Waals surface area contributed by atoms with E-state index in [0.29, 0.717) is 12.1 Å². The predicted octanol–water partition coefficient (Wildman–Crippen LogP) is 1.70. The highest BCUT2D eigenvalue weighted by molar-refractivity contribution is 9.10. The molecule has 1 amide bonds. The Kier molecular flexibility index (Phi) is 12.5. The zero-order chi connectivity index (χ0) is 19.9. The molecule has 0 aliphatic heterocycles. The SMILES string of the molecule is CN=C(NCCCNC(=O)c1cccc(Br)c1)NCCN(C)CCCOC. The summed E-state index contributed by atoms with van der Waals surface area (Å²) in [4.78, 5) is 18.5. The lowest BCUT2D eigenvalue weighted by Crippen LogP contribution is -2.42. The topological polar surface area (TPSA) is 78.0 Å². The molecule has 152 valence electrons. The van der Waals surface area contributed by atoms with Gasteiger partial charge in [-0.05, 0) is 38.1 Å². The summed E-state index contributed by atoms with van der Waals surface area (Å²) in [6.07, 6.45) is 1.85. The summed E-state index contributed by atoms with van der Waals surface area (Å²) in [6, 6.07) is 7.37. The summed E-state index contributed by atoms with van der Waals surface area (Å²) in [5, 5.41) is 9.48. The first-order chi connectivity index (χ1) is 13.1. The number of aliphatic imine (C=N–C) groups is 1. The minimum Gasteiger partial charge on any atom is -0.385 e. The number of carbonyl (C=O) groups is 1. The fourth-order valence-corrected chi connectivity index (χ4v) is 2.80. The van der Waals surface area contributed by atoms with Gasteiger partial charge in [-0.25, -0.2) is 0 Å². The molecule has 1 aromatic carbocycles. The number of amides is 1. The van der Waals surface area contributed by atoms with Crippen LogP contribution in [0.4, 0.5) is 0 Å². The van der Waals surface area contributed by atoms with Crippen LogP contribution < -0.4 is 16.0 Å². The van der Waals surface area contributed by atoms with Crippen molar-refractivity contribution in [1.29, 1.82) is 0 Å². The largest absolute Gasteiger partial charge is 0.385 e. The van der Waals surface area contributed by atoms with Crippen molar-refractivity contribution >= 4 is 27.8 Å². The van der Waals surface area contributed by atoms with Gasteiger partial charge in [0.1, 0.15) is 0 Å². The van der Waals surface area contributed by atoms with E-state index in [1.54, 1.807) is 20.2 Å². The van der Waals surface area contributed by atoms with E-state index in [9.17, 15) is 4.79 Å². The van der Waals surface area contributed by atoms with Gasteiger partial charge in [0.05, 0.1) is 0 Å². The fraction of sp³-hybridized carbons (Fsp3) is 0.579. The molecule has 0 heterocycles. The summed E-state index contributed by atoms with van der Waals surface area (Å²) in [5.41, 5.74) is 0.657. The van der Waals surface area contributed by atoms with E-state index in [0.717, 1.165) is 56.1 Å². The number of methoxy groups -OCH3 is 1. The number of benzene rings is 1. The van der Waals surface area contributed by atoms with Gasteiger partial charge >= 0.3 is 0 Å². The molecule has 0 atom stereocenters. The van der Waals surface area contributed by atoms with Gasteiger partial charge in [0.15, 0.2) is 5.96 Å². The zero-order valence-corrected chi connectivity index (χ0v) is 18.1. The van der Waals surface area contributed by atoms with Gasteiger partial charge in [-0.2, -0.15) is 0 Å². The van der Waals surface area contributed by atoms with E-state index >= 15 is 0 Å². The van der Waals surface area contributed by atoms with Gasteiger partial charge in [-0.3, -0.25) is 9.79 Å². The third kappa shape index (κ3) is 10.9. The standard InChI is InChI=1S/C19H32BrN5O2/c1-21-19(24-11-13-25(2)12-6-14-27-3)23-10-5-9-22-18(26)16-7-4-8-17(20)15-16/h4,7-8,15H,5-6,9-14H2,1-3H3,(H,22,26)(H2,21,23,24). The van der Waals surface area contributed by atoms with Crippen molar-refractivity contribution in [2.24, 2.45) is 4.99 Å². The molecule has 3 N–H and O–H groups in total. The normalized spacial score (nSPS) is 11.5. The van der Waals surface area contributed by atoms with E-state index in [1.807, 2.05) is 18.2 Å². The Labute approximate surface area is 171 Å². The second kappa shape index (κ2) is 14.4. The Morgan fingerprint density at radius 2 is 1.89 bits per heavy atom. The molecule has 27 heavy (non-hydrogen) atoms. The lowest BCUT2D eigenvalue weighted by Gasteiger charge is -2.18. The summed E-state index contributed by atoms with van der Waals surface area (Å²) < 4.78 is 5.96. The Hall–Kier alpha value is -1.64. The average Bonchev–Trinajstić information content (AvgIpc) is 2.66. The van der Waals surface area contributed by atoms with E-state index in [4.69, 9.17) is 4.74 Å². The number of likely N-dealkylation sites (N-methyl/N-ethyl adjacent to an activating group) is 1. The van der Waals surface area contributed by atoms with Gasteiger partial charge < -0.3 is 25.6 Å². The second-order valence-corrected chi connectivity index (χ2v) is 7.11. The van der Waals surface area contributed by atoms with E-state index in [1.165, 1.54) is 0 Å². The van der Waals surface area contributed by atoms with E-state index in [-0.39, 0.29) is 5.91 Å². The van der Waals surface area contributed by atoms with Crippen LogP contribution in [-0.2, 0) is 4.74 Å². The van der Waals surface area contributed by atoms with Crippen molar-refractivity contribution in [3.8, 4) is 0 Å². The third-order valence-corrected chi connectivity index (χ3v) is 4.41. The molecule has 1 aromatic rings. The molecule has 1 rings (SSSR count). The van der Waals surface area contributed by atoms with E-state index in [2.05, 4.69) is 48.8 Å². The number of hydrogen-bond donors (Lipinski definition) is 3. The first kappa shape index (κ1) is 23.4. The first-order valence-corrected chi connectivity index (χ1v) is 10.0. The molecule has 0 aromatic heterocycles. The maximum absolute atomic E-state index is 12.0. The molecule has 7 nitrogen and oxygen atoms in total. The number of nitrogens with one attached hydrogen (secondary N) is 3. The molecule has 0 saturated heterocycles. The molecule has 8 heteroatoms. The minimum absolute atomic E-state index is 0.0599. The predicted molar refractivity (Wildman–Crippen MR) is 114 cm³/mol. The number of hydrogen-bond acceptors (Lipinski definition) is 4. The molecular formula is C19H32BrN5O2. The van der Waals surface area contributed by atoms with Crippen LogP contribution in [0.25, 0.3) is 0 Å². The Morgan fingerprint density at radius 3 is 2.59 bits per heavy atom. The van der Waals surface area contributed by atoms with Gasteiger partial charge in [0.25, 0.3) is 5.91 Å². The van der Waals surface area contributed by atoms with Crippen LogP contribution in [0.1, 0.15) is 23.2 Å². The van der Waals surface area contributed by atoms with Crippen LogP contribution in [0, 0.1) is 0 Å². The van der Waals surface area contributed by atoms with Gasteiger partial charge in [-0.1, -0.05) is 22.0 Å². The minimum atomic E-state index is -0.0599. The first-order valence-electron chi connectivity index (χ1n) is 9.22. The number of ether oxygens (including phenoxy) is 1. The van der Waals surface area contributed by atoms with Crippen molar-refractivity contribution in [3.63, 3.8) is 0 Å². The third-order valence-electron chi connectivity index (χ3n) is 3.92. The summed E-state index contributed by atoms with van der Waals surface area (Å²) in [6.45, 7) is 4.91. The monoisotopic (exact) mass is 441 g/mol. The zero-order valence-electron chi connectivity index (χ0n) is 16.6. The molecule has 0 fully saturated rings. The number of carbonyl (C=O) groups excluding carboxylic acids is 1. The smallest absolute Gasteiger partial charge is 0.251 e. The number of rotatable bonds is 12. The van der Waals surface area contributed by atoms with Crippen LogP contribution in [0.15, 0.2) is 33.7 Å². The van der Waals surface area contributed by atoms with Crippen molar-refractivity contribution in [2.75, 3.05) is 60.5 Å². The molecule has 0 aliphatic rings. The Bertz CT molecular complexity index is 583. The summed E-state index contributed by atoms with van der Waals surface area (Å²) in [7, 11) is 5.58. The lowest BCUT2D eigenvalue weighted by atomic mass is 10.2. The van der Waals surface area contributed by atoms with E-state index < -0.39 is 0 Å². The molecule has 0 saturated carbocycles. The maximum Gasteiger partial charge on any atom is 0.251 e. The fourth-order valence-electron chi connectivity index (χ4n) is 2.41. The summed E-state index contributed by atoms with van der Waals surface area (Å²) in [5.74, 6) is 0.717. The molecule has 0 radical (unpaired) electrons. The maximum atomic E-state index is 12.0. The van der Waals surface area contributed by atoms with Gasteiger partial charge in [0, 0.05) is 63.5 Å². The molecule has 0 spiro atoms. The van der Waals surface area contributed by atoms with Crippen LogP contribution in [0.2, 0.25) is 0 Å². The highest BCUT2D eigenvalue weighted by atomic mass is 79.9. The van der Waals surface area contributed by atoms with Crippen molar-refractivity contribution in [3.05, 3.63) is 34.3 Å². The Morgan fingerprint density at radius 1 is 1.15 bits per heavy atom. The molecule has 0 aliphatic carbocycles. The van der Waals surface area contributed by atoms with Crippen LogP contribution in [0.5, 0.6) is 0 Å². The van der Waals surface area contributed by atoms with Crippen molar-refractivity contribution < 1.29 is 9.53 Å². The molecule has 0 unspecified atom stereocenters. The van der Waals surface area contributed by atoms with Gasteiger partial charge in [-0.15, -0.1) is 0 Å². The lowest BCUT2D eigenvalue weighted by molar-refractivity contribution is 0.0953. The highest BCUT2D eigenvalue weighted by Gasteiger charge is 2.05. The van der Waals surface area contributed by atoms with Crippen LogP contribution in [-0.4, -0.2) is 77.3 Å². The van der Waals surface area contributed by atoms with Crippen LogP contribution in [0.3, 0.4) is 0 Å². The average molecular weight is 442 g/mol. The molecular weight excluding hydrogens is 410 g/mol. The second-order valence-electron chi connectivity index (χ2n) is 6.20. The number of nitrogens with zero attached hydrogens (tertiary/aromatic N) is 2. The van der Waals surface area contributed by atoms with Crippen molar-refractivity contribution in [1.82, 2.24) is 20.9 Å². The van der Waals surface area contributed by atoms with Gasteiger partial charge in [0.2, 0.25) is 0 Å². The summed E-state index contributed by atoms with van der Waals surface area (Å²) >= 11 is 3.37. The quantitative estimate of drug-likeness (QED) is 0.261. The molecule has 0 bridgehead atoms. The number of guanidine groups is 1. The highest BCUT2D eigenvalue weighted by Crippen LogP contribution is 2.11. The Balaban J connectivity index is 2.12.